The molecule has 158 valence electrons. The Bertz CT molecular complexity index is 1050. The summed E-state index contributed by atoms with van der Waals surface area (Å²) < 4.78 is 21.8. The van der Waals surface area contributed by atoms with Crippen molar-refractivity contribution < 1.29 is 28.2 Å². The minimum atomic E-state index is -0.569. The van der Waals surface area contributed by atoms with Crippen molar-refractivity contribution in [3.63, 3.8) is 0 Å². The molecule has 0 aliphatic heterocycles. The number of hydrogen-bond acceptors (Lipinski definition) is 6. The molecule has 0 atom stereocenters. The lowest BCUT2D eigenvalue weighted by molar-refractivity contribution is -0.154. The fourth-order valence-electron chi connectivity index (χ4n) is 3.17. The van der Waals surface area contributed by atoms with Crippen LogP contribution in [-0.2, 0) is 16.0 Å². The van der Waals surface area contributed by atoms with Crippen LogP contribution in [0, 0.1) is 0 Å². The predicted octanol–water partition coefficient (Wildman–Crippen LogP) is 4.96. The minimum absolute atomic E-state index is 0.108. The molecule has 0 amide bonds. The highest BCUT2D eigenvalue weighted by Gasteiger charge is 2.24. The lowest BCUT2D eigenvalue weighted by Gasteiger charge is -2.19. The molecular formula is C24H26O6. The largest absolute Gasteiger partial charge is 0.497 e. The number of benzene rings is 2. The van der Waals surface area contributed by atoms with Crippen molar-refractivity contribution in [1.82, 2.24) is 0 Å². The van der Waals surface area contributed by atoms with E-state index in [9.17, 15) is 9.59 Å². The van der Waals surface area contributed by atoms with Gasteiger partial charge in [-0.15, -0.1) is 0 Å². The number of methoxy groups -OCH3 is 2. The molecule has 0 unspecified atom stereocenters. The van der Waals surface area contributed by atoms with Gasteiger partial charge in [-0.3, -0.25) is 9.59 Å². The molecule has 0 saturated carbocycles. The standard InChI is InChI=1S/C24H26O6/c1-24(2,3)30-21(25)13-12-20-22(18-14-17(28-5)10-11-19(18)29-20)23(26)15-6-8-16(27-4)9-7-15/h6-11,14H,12-13H2,1-5H3. The molecule has 3 aromatic rings. The second-order valence-electron chi connectivity index (χ2n) is 7.91. The molecule has 3 rings (SSSR count). The van der Waals surface area contributed by atoms with Crippen LogP contribution in [0.25, 0.3) is 11.0 Å². The normalized spacial score (nSPS) is 11.4. The first-order chi connectivity index (χ1) is 14.2. The topological polar surface area (TPSA) is 75.0 Å². The molecule has 1 heterocycles. The number of esters is 1. The molecule has 30 heavy (non-hydrogen) atoms. The van der Waals surface area contributed by atoms with Crippen LogP contribution in [0.3, 0.4) is 0 Å². The third-order valence-corrected chi connectivity index (χ3v) is 4.52. The second-order valence-corrected chi connectivity index (χ2v) is 7.91. The lowest BCUT2D eigenvalue weighted by atomic mass is 9.98. The highest BCUT2D eigenvalue weighted by molar-refractivity contribution is 6.17. The molecule has 0 fully saturated rings. The van der Waals surface area contributed by atoms with Gasteiger partial charge in [0, 0.05) is 17.4 Å². The summed E-state index contributed by atoms with van der Waals surface area (Å²) >= 11 is 0. The zero-order valence-corrected chi connectivity index (χ0v) is 17.9. The smallest absolute Gasteiger partial charge is 0.306 e. The summed E-state index contributed by atoms with van der Waals surface area (Å²) in [5.41, 5.74) is 0.921. The number of hydrogen-bond donors (Lipinski definition) is 0. The van der Waals surface area contributed by atoms with Crippen molar-refractivity contribution in [2.45, 2.75) is 39.2 Å². The van der Waals surface area contributed by atoms with Crippen LogP contribution in [-0.4, -0.2) is 31.6 Å². The van der Waals surface area contributed by atoms with Gasteiger partial charge < -0.3 is 18.6 Å². The van der Waals surface area contributed by atoms with E-state index in [2.05, 4.69) is 0 Å². The van der Waals surface area contributed by atoms with Gasteiger partial charge in [0.15, 0.2) is 5.78 Å². The zero-order chi connectivity index (χ0) is 21.9. The molecule has 0 aliphatic rings. The number of carbonyl (C=O) groups excluding carboxylic acids is 2. The highest BCUT2D eigenvalue weighted by atomic mass is 16.6. The van der Waals surface area contributed by atoms with E-state index in [1.165, 1.54) is 0 Å². The van der Waals surface area contributed by atoms with Gasteiger partial charge >= 0.3 is 5.97 Å². The van der Waals surface area contributed by atoms with E-state index in [0.29, 0.717) is 39.4 Å². The van der Waals surface area contributed by atoms with Crippen molar-refractivity contribution in [3.05, 3.63) is 59.4 Å². The molecule has 0 N–H and O–H groups in total. The summed E-state index contributed by atoms with van der Waals surface area (Å²) in [5.74, 6) is 1.19. The van der Waals surface area contributed by atoms with Crippen LogP contribution in [0.4, 0.5) is 0 Å². The quantitative estimate of drug-likeness (QED) is 0.405. The number of aryl methyl sites for hydroxylation is 1. The third-order valence-electron chi connectivity index (χ3n) is 4.52. The van der Waals surface area contributed by atoms with Gasteiger partial charge in [-0.05, 0) is 63.2 Å². The first-order valence-corrected chi connectivity index (χ1v) is 9.72. The molecule has 6 nitrogen and oxygen atoms in total. The van der Waals surface area contributed by atoms with Crippen LogP contribution in [0.15, 0.2) is 46.9 Å². The van der Waals surface area contributed by atoms with E-state index in [1.807, 2.05) is 20.8 Å². The molecule has 0 saturated heterocycles. The number of rotatable bonds is 7. The van der Waals surface area contributed by atoms with Crippen LogP contribution >= 0.6 is 0 Å². The number of ketones is 1. The Balaban J connectivity index is 1.99. The van der Waals surface area contributed by atoms with E-state index in [-0.39, 0.29) is 24.6 Å². The van der Waals surface area contributed by atoms with E-state index >= 15 is 0 Å². The molecule has 1 aromatic heterocycles. The van der Waals surface area contributed by atoms with Gasteiger partial charge in [0.05, 0.1) is 26.2 Å². The minimum Gasteiger partial charge on any atom is -0.497 e. The molecule has 0 radical (unpaired) electrons. The summed E-state index contributed by atoms with van der Waals surface area (Å²) in [6.45, 7) is 5.45. The van der Waals surface area contributed by atoms with E-state index in [1.54, 1.807) is 56.7 Å². The lowest BCUT2D eigenvalue weighted by Crippen LogP contribution is -2.24. The summed E-state index contributed by atoms with van der Waals surface area (Å²) in [5, 5.41) is 0.648. The fraction of sp³-hybridized carbons (Fsp3) is 0.333. The summed E-state index contributed by atoms with van der Waals surface area (Å²) in [7, 11) is 3.14. The van der Waals surface area contributed by atoms with Crippen LogP contribution in [0.1, 0.15) is 48.9 Å². The van der Waals surface area contributed by atoms with Crippen LogP contribution in [0.2, 0.25) is 0 Å². The van der Waals surface area contributed by atoms with Gasteiger partial charge in [0.1, 0.15) is 28.4 Å². The molecule has 2 aromatic carbocycles. The number of furan rings is 1. The number of carbonyl (C=O) groups is 2. The first-order valence-electron chi connectivity index (χ1n) is 9.72. The van der Waals surface area contributed by atoms with Crippen LogP contribution < -0.4 is 9.47 Å². The summed E-state index contributed by atoms with van der Waals surface area (Å²) in [6, 6.07) is 12.2. The second kappa shape index (κ2) is 8.61. The maximum Gasteiger partial charge on any atom is 0.306 e. The fourth-order valence-corrected chi connectivity index (χ4v) is 3.17. The van der Waals surface area contributed by atoms with Crippen molar-refractivity contribution in [2.24, 2.45) is 0 Å². The number of ether oxygens (including phenoxy) is 3. The average molecular weight is 410 g/mol. The maximum absolute atomic E-state index is 13.4. The third kappa shape index (κ3) is 4.82. The van der Waals surface area contributed by atoms with E-state index < -0.39 is 5.60 Å². The molecule has 0 bridgehead atoms. The molecule has 0 spiro atoms. The molecular weight excluding hydrogens is 384 g/mol. The van der Waals surface area contributed by atoms with Gasteiger partial charge in [-0.1, -0.05) is 0 Å². The predicted molar refractivity (Wildman–Crippen MR) is 113 cm³/mol. The first kappa shape index (κ1) is 21.4. The Morgan fingerprint density at radius 1 is 0.933 bits per heavy atom. The monoisotopic (exact) mass is 410 g/mol. The van der Waals surface area contributed by atoms with Crippen molar-refractivity contribution >= 4 is 22.7 Å². The van der Waals surface area contributed by atoms with Crippen molar-refractivity contribution in [2.75, 3.05) is 14.2 Å². The van der Waals surface area contributed by atoms with Crippen LogP contribution in [0.5, 0.6) is 11.5 Å². The van der Waals surface area contributed by atoms with Gasteiger partial charge in [0.25, 0.3) is 0 Å². The van der Waals surface area contributed by atoms with Crippen molar-refractivity contribution in [1.29, 1.82) is 0 Å². The Hall–Kier alpha value is -3.28. The average Bonchev–Trinajstić information content (AvgIpc) is 3.08. The van der Waals surface area contributed by atoms with Gasteiger partial charge in [-0.2, -0.15) is 0 Å². The highest BCUT2D eigenvalue weighted by Crippen LogP contribution is 2.32. The molecule has 6 heteroatoms. The van der Waals surface area contributed by atoms with E-state index in [4.69, 9.17) is 18.6 Å². The van der Waals surface area contributed by atoms with E-state index in [0.717, 1.165) is 0 Å². The maximum atomic E-state index is 13.4. The Morgan fingerprint density at radius 2 is 1.57 bits per heavy atom. The van der Waals surface area contributed by atoms with Gasteiger partial charge in [0.2, 0.25) is 0 Å². The summed E-state index contributed by atoms with van der Waals surface area (Å²) in [6.07, 6.45) is 0.361. The Morgan fingerprint density at radius 3 is 2.17 bits per heavy atom. The number of fused-ring (bicyclic) bond motifs is 1. The molecule has 0 aliphatic carbocycles. The Labute approximate surface area is 175 Å². The zero-order valence-electron chi connectivity index (χ0n) is 17.9. The van der Waals surface area contributed by atoms with Gasteiger partial charge in [-0.25, -0.2) is 0 Å². The summed E-state index contributed by atoms with van der Waals surface area (Å²) in [4.78, 5) is 25.5. The Kier molecular flexibility index (Phi) is 6.15. The SMILES string of the molecule is COc1ccc(C(=O)c2c(CCC(=O)OC(C)(C)C)oc3ccc(OC)cc23)cc1. The van der Waals surface area contributed by atoms with Crippen molar-refractivity contribution in [3.8, 4) is 11.5 Å².